The van der Waals surface area contributed by atoms with Crippen molar-refractivity contribution in [2.24, 2.45) is 11.8 Å². The molecule has 1 heterocycles. The highest BCUT2D eigenvalue weighted by atomic mass is 16.5. The summed E-state index contributed by atoms with van der Waals surface area (Å²) in [6.07, 6.45) is 1.45. The van der Waals surface area contributed by atoms with Crippen LogP contribution in [0.3, 0.4) is 0 Å². The quantitative estimate of drug-likeness (QED) is 0.424. The minimum atomic E-state index is -0.574. The second-order valence-corrected chi connectivity index (χ2v) is 3.48. The third-order valence-electron chi connectivity index (χ3n) is 2.81. The Hall–Kier alpha value is -0.870. The van der Waals surface area contributed by atoms with Crippen molar-refractivity contribution in [3.63, 3.8) is 0 Å². The van der Waals surface area contributed by atoms with Gasteiger partial charge in [0.2, 0.25) is 0 Å². The van der Waals surface area contributed by atoms with Crippen molar-refractivity contribution in [3.8, 4) is 0 Å². The van der Waals surface area contributed by atoms with Crippen LogP contribution in [0.15, 0.2) is 11.6 Å². The minimum Gasteiger partial charge on any atom is -0.465 e. The Labute approximate surface area is 75.8 Å². The van der Waals surface area contributed by atoms with Crippen LogP contribution in [0.2, 0.25) is 0 Å². The Morgan fingerprint density at radius 1 is 1.54 bits per heavy atom. The van der Waals surface area contributed by atoms with Crippen LogP contribution in [0.5, 0.6) is 0 Å². The first-order valence-corrected chi connectivity index (χ1v) is 4.39. The van der Waals surface area contributed by atoms with Crippen LogP contribution >= 0.6 is 0 Å². The van der Waals surface area contributed by atoms with Crippen LogP contribution in [-0.2, 0) is 9.53 Å². The van der Waals surface area contributed by atoms with Gasteiger partial charge in [-0.05, 0) is 12.0 Å². The Kier molecular flexibility index (Phi) is 2.09. The Balaban J connectivity index is 2.22. The number of aliphatic hydroxyl groups is 2. The van der Waals surface area contributed by atoms with Crippen LogP contribution in [0.4, 0.5) is 0 Å². The fraction of sp³-hybridized carbons (Fsp3) is 0.667. The number of ether oxygens (including phenoxy) is 1. The lowest BCUT2D eigenvalue weighted by Crippen LogP contribution is -2.10. The number of hydrogen-bond acceptors (Lipinski definition) is 4. The summed E-state index contributed by atoms with van der Waals surface area (Å²) in [6, 6.07) is 0. The maximum Gasteiger partial charge on any atom is 0.309 e. The van der Waals surface area contributed by atoms with E-state index in [9.17, 15) is 9.90 Å². The summed E-state index contributed by atoms with van der Waals surface area (Å²) in [5.41, 5.74) is 0.762. The van der Waals surface area contributed by atoms with Gasteiger partial charge in [-0.15, -0.1) is 0 Å². The van der Waals surface area contributed by atoms with Crippen molar-refractivity contribution in [3.05, 3.63) is 11.6 Å². The van der Waals surface area contributed by atoms with Gasteiger partial charge in [-0.1, -0.05) is 6.08 Å². The number of carbonyl (C=O) groups is 1. The average molecular weight is 184 g/mol. The molecular weight excluding hydrogens is 172 g/mol. The van der Waals surface area contributed by atoms with E-state index in [0.717, 1.165) is 5.57 Å². The lowest BCUT2D eigenvalue weighted by molar-refractivity contribution is -0.141. The molecule has 1 aliphatic carbocycles. The van der Waals surface area contributed by atoms with Crippen molar-refractivity contribution in [2.75, 3.05) is 13.2 Å². The molecule has 3 unspecified atom stereocenters. The van der Waals surface area contributed by atoms with Gasteiger partial charge in [-0.2, -0.15) is 0 Å². The summed E-state index contributed by atoms with van der Waals surface area (Å²) in [5, 5.41) is 18.3. The van der Waals surface area contributed by atoms with E-state index in [1.165, 1.54) is 0 Å². The van der Waals surface area contributed by atoms with Crippen LogP contribution in [0, 0.1) is 11.8 Å². The van der Waals surface area contributed by atoms with E-state index in [1.54, 1.807) is 6.08 Å². The average Bonchev–Trinajstić information content (AvgIpc) is 2.58. The van der Waals surface area contributed by atoms with Gasteiger partial charge < -0.3 is 14.9 Å². The summed E-state index contributed by atoms with van der Waals surface area (Å²) >= 11 is 0. The maximum atomic E-state index is 11.1. The molecule has 4 heteroatoms. The molecule has 4 nitrogen and oxygen atoms in total. The highest BCUT2D eigenvalue weighted by molar-refractivity contribution is 5.76. The van der Waals surface area contributed by atoms with E-state index in [2.05, 4.69) is 0 Å². The molecule has 0 spiro atoms. The molecule has 0 radical (unpaired) electrons. The largest absolute Gasteiger partial charge is 0.465 e. The van der Waals surface area contributed by atoms with Crippen LogP contribution in [0.25, 0.3) is 0 Å². The topological polar surface area (TPSA) is 66.8 Å². The third kappa shape index (κ3) is 1.26. The van der Waals surface area contributed by atoms with Crippen molar-refractivity contribution in [2.45, 2.75) is 12.5 Å². The maximum absolute atomic E-state index is 11.1. The molecule has 2 rings (SSSR count). The molecule has 2 N–H and O–H groups in total. The van der Waals surface area contributed by atoms with E-state index in [4.69, 9.17) is 9.84 Å². The smallest absolute Gasteiger partial charge is 0.309 e. The van der Waals surface area contributed by atoms with Gasteiger partial charge in [0.25, 0.3) is 0 Å². The zero-order chi connectivity index (χ0) is 9.42. The molecule has 1 saturated carbocycles. The summed E-state index contributed by atoms with van der Waals surface area (Å²) in [4.78, 5) is 11.1. The molecule has 0 amide bonds. The van der Waals surface area contributed by atoms with Gasteiger partial charge in [0.05, 0.1) is 25.2 Å². The second kappa shape index (κ2) is 3.12. The van der Waals surface area contributed by atoms with Gasteiger partial charge in [0, 0.05) is 5.92 Å². The number of cyclic esters (lactones) is 1. The molecule has 1 aliphatic heterocycles. The highest BCUT2D eigenvalue weighted by Crippen LogP contribution is 2.41. The predicted octanol–water partition coefficient (Wildman–Crippen LogP) is -0.541. The lowest BCUT2D eigenvalue weighted by atomic mass is 9.96. The molecule has 0 bridgehead atoms. The van der Waals surface area contributed by atoms with E-state index in [1.807, 2.05) is 0 Å². The number of esters is 1. The normalized spacial score (nSPS) is 40.9. The zero-order valence-electron chi connectivity index (χ0n) is 7.14. The van der Waals surface area contributed by atoms with Crippen molar-refractivity contribution >= 4 is 5.97 Å². The van der Waals surface area contributed by atoms with Gasteiger partial charge in [0.1, 0.15) is 0 Å². The van der Waals surface area contributed by atoms with Gasteiger partial charge in [0.15, 0.2) is 0 Å². The van der Waals surface area contributed by atoms with Gasteiger partial charge in [-0.25, -0.2) is 0 Å². The first-order chi connectivity index (χ1) is 6.24. The van der Waals surface area contributed by atoms with Crippen molar-refractivity contribution in [1.29, 1.82) is 0 Å². The molecule has 2 fully saturated rings. The molecule has 13 heavy (non-hydrogen) atoms. The van der Waals surface area contributed by atoms with Gasteiger partial charge >= 0.3 is 5.97 Å². The molecule has 0 aromatic heterocycles. The summed E-state index contributed by atoms with van der Waals surface area (Å²) < 4.78 is 4.87. The van der Waals surface area contributed by atoms with Crippen molar-refractivity contribution in [1.82, 2.24) is 0 Å². The predicted molar refractivity (Wildman–Crippen MR) is 43.7 cm³/mol. The number of carbonyl (C=O) groups excluding carboxylic acids is 1. The Morgan fingerprint density at radius 2 is 2.31 bits per heavy atom. The first-order valence-electron chi connectivity index (χ1n) is 4.39. The number of rotatable bonds is 1. The number of hydrogen-bond donors (Lipinski definition) is 2. The van der Waals surface area contributed by atoms with Crippen molar-refractivity contribution < 1.29 is 19.7 Å². The Bertz CT molecular complexity index is 258. The zero-order valence-corrected chi connectivity index (χ0v) is 7.14. The summed E-state index contributed by atoms with van der Waals surface area (Å²) in [5.74, 6) is -0.409. The molecule has 0 aromatic rings. The molecular formula is C9H12O4. The van der Waals surface area contributed by atoms with E-state index < -0.39 is 6.10 Å². The van der Waals surface area contributed by atoms with Gasteiger partial charge in [-0.3, -0.25) is 4.79 Å². The third-order valence-corrected chi connectivity index (χ3v) is 2.81. The second-order valence-electron chi connectivity index (χ2n) is 3.48. The highest BCUT2D eigenvalue weighted by Gasteiger charge is 2.47. The first kappa shape index (κ1) is 8.72. The lowest BCUT2D eigenvalue weighted by Gasteiger charge is -2.08. The number of fused-ring (bicyclic) bond motifs is 1. The van der Waals surface area contributed by atoms with Crippen LogP contribution < -0.4 is 0 Å². The van der Waals surface area contributed by atoms with E-state index in [-0.39, 0.29) is 24.4 Å². The summed E-state index contributed by atoms with van der Waals surface area (Å²) in [6.45, 7) is 0.260. The fourth-order valence-corrected chi connectivity index (χ4v) is 2.16. The molecule has 1 saturated heterocycles. The molecule has 3 atom stereocenters. The molecule has 72 valence electrons. The number of aliphatic hydroxyl groups excluding tert-OH is 2. The Morgan fingerprint density at radius 3 is 3.00 bits per heavy atom. The monoisotopic (exact) mass is 184 g/mol. The minimum absolute atomic E-state index is 0.00495. The molecule has 2 aliphatic rings. The summed E-state index contributed by atoms with van der Waals surface area (Å²) in [7, 11) is 0. The van der Waals surface area contributed by atoms with Crippen LogP contribution in [-0.4, -0.2) is 35.5 Å². The standard InChI is InChI=1S/C9H12O4/c10-2-1-5-7-4-13-9(12)6(7)3-8(5)11/h1,6-8,10-11H,2-4H2. The molecule has 0 aromatic carbocycles. The van der Waals surface area contributed by atoms with Crippen LogP contribution in [0.1, 0.15) is 6.42 Å². The SMILES string of the molecule is O=C1OCC2C(=CCO)C(O)CC12. The fourth-order valence-electron chi connectivity index (χ4n) is 2.16. The van der Waals surface area contributed by atoms with E-state index >= 15 is 0 Å². The van der Waals surface area contributed by atoms with E-state index in [0.29, 0.717) is 13.0 Å².